The van der Waals surface area contributed by atoms with E-state index in [-0.39, 0.29) is 23.9 Å². The van der Waals surface area contributed by atoms with Crippen molar-refractivity contribution in [1.29, 1.82) is 0 Å². The molecular weight excluding hydrogens is 352 g/mol. The van der Waals surface area contributed by atoms with Gasteiger partial charge in [-0.1, -0.05) is 48.5 Å². The van der Waals surface area contributed by atoms with Gasteiger partial charge in [-0.15, -0.1) is 0 Å². The molecule has 2 aromatic carbocycles. The molecular formula is C22H22N4O2. The molecule has 28 heavy (non-hydrogen) atoms. The summed E-state index contributed by atoms with van der Waals surface area (Å²) in [5.74, 6) is 1.70. The second kappa shape index (κ2) is 6.78. The van der Waals surface area contributed by atoms with Crippen LogP contribution in [0.1, 0.15) is 42.5 Å². The largest absolute Gasteiger partial charge is 0.496 e. The molecule has 0 spiro atoms. The molecule has 0 N–H and O–H groups in total. The summed E-state index contributed by atoms with van der Waals surface area (Å²) in [6.45, 7) is 0. The Kier molecular flexibility index (Phi) is 4.11. The van der Waals surface area contributed by atoms with Crippen molar-refractivity contribution in [3.63, 3.8) is 0 Å². The van der Waals surface area contributed by atoms with Crippen LogP contribution in [-0.4, -0.2) is 27.8 Å². The van der Waals surface area contributed by atoms with E-state index in [1.54, 1.807) is 7.11 Å². The third-order valence-electron chi connectivity index (χ3n) is 5.67. The Morgan fingerprint density at radius 1 is 1.04 bits per heavy atom. The molecule has 0 saturated heterocycles. The summed E-state index contributed by atoms with van der Waals surface area (Å²) in [4.78, 5) is 19.6. The van der Waals surface area contributed by atoms with E-state index in [4.69, 9.17) is 4.74 Å². The quantitative estimate of drug-likeness (QED) is 0.698. The number of rotatable bonds is 4. The average Bonchev–Trinajstić information content (AvgIpc) is 3.49. The Labute approximate surface area is 163 Å². The van der Waals surface area contributed by atoms with Gasteiger partial charge in [0.25, 0.3) is 0 Å². The summed E-state index contributed by atoms with van der Waals surface area (Å²) in [6, 6.07) is 18.1. The molecule has 2 aliphatic rings. The first-order valence-corrected chi connectivity index (χ1v) is 9.68. The predicted molar refractivity (Wildman–Crippen MR) is 105 cm³/mol. The molecule has 3 aromatic rings. The zero-order valence-electron chi connectivity index (χ0n) is 15.7. The molecule has 2 atom stereocenters. The van der Waals surface area contributed by atoms with Gasteiger partial charge in [-0.2, -0.15) is 10.1 Å². The van der Waals surface area contributed by atoms with Gasteiger partial charge in [0.1, 0.15) is 12.1 Å². The fourth-order valence-electron chi connectivity index (χ4n) is 4.13. The smallest absolute Gasteiger partial charge is 0.233 e. The molecule has 2 heterocycles. The van der Waals surface area contributed by atoms with E-state index in [2.05, 4.69) is 28.3 Å². The summed E-state index contributed by atoms with van der Waals surface area (Å²) in [5.41, 5.74) is 2.17. The van der Waals surface area contributed by atoms with E-state index in [1.165, 1.54) is 6.33 Å². The summed E-state index contributed by atoms with van der Waals surface area (Å²) in [7, 11) is 1.68. The minimum atomic E-state index is -0.0825. The monoisotopic (exact) mass is 374 g/mol. The lowest BCUT2D eigenvalue weighted by atomic mass is 9.91. The van der Waals surface area contributed by atoms with Gasteiger partial charge in [0.05, 0.1) is 19.2 Å². The van der Waals surface area contributed by atoms with Gasteiger partial charge in [-0.25, -0.2) is 4.68 Å². The molecule has 6 nitrogen and oxygen atoms in total. The van der Waals surface area contributed by atoms with Crippen LogP contribution in [0.3, 0.4) is 0 Å². The number of amides is 1. The molecule has 142 valence electrons. The number of carbonyl (C=O) groups excluding carboxylic acids is 1. The standard InChI is InChI=1S/C22H22N4O2/c1-28-20-10-6-5-9-17(20)19-13-18(15-7-3-2-4-8-15)25(21(27)16-11-12-16)22-23-14-24-26(19)22/h2-10,14,16,18-19H,11-13H2,1H3/t18-,19+/m1/s1. The Morgan fingerprint density at radius 3 is 2.54 bits per heavy atom. The van der Waals surface area contributed by atoms with Gasteiger partial charge in [0.15, 0.2) is 0 Å². The first kappa shape index (κ1) is 17.0. The van der Waals surface area contributed by atoms with Gasteiger partial charge in [-0.05, 0) is 30.9 Å². The average molecular weight is 374 g/mol. The molecule has 1 saturated carbocycles. The lowest BCUT2D eigenvalue weighted by Gasteiger charge is -2.39. The number of hydrogen-bond acceptors (Lipinski definition) is 4. The summed E-state index contributed by atoms with van der Waals surface area (Å²) in [5, 5.41) is 4.49. The van der Waals surface area contributed by atoms with Gasteiger partial charge in [-0.3, -0.25) is 9.69 Å². The third-order valence-corrected chi connectivity index (χ3v) is 5.67. The summed E-state index contributed by atoms with van der Waals surface area (Å²) < 4.78 is 7.48. The van der Waals surface area contributed by atoms with Crippen LogP contribution >= 0.6 is 0 Å². The molecule has 6 heteroatoms. The molecule has 1 aromatic heterocycles. The van der Waals surface area contributed by atoms with Crippen molar-refractivity contribution in [3.8, 4) is 5.75 Å². The first-order chi connectivity index (χ1) is 13.8. The number of para-hydroxylation sites is 1. The fraction of sp³-hybridized carbons (Fsp3) is 0.318. The van der Waals surface area contributed by atoms with Gasteiger partial charge < -0.3 is 4.74 Å². The molecule has 5 rings (SSSR count). The normalized spacial score (nSPS) is 21.2. The van der Waals surface area contributed by atoms with Crippen LogP contribution in [-0.2, 0) is 4.79 Å². The second-order valence-corrected chi connectivity index (χ2v) is 7.41. The third kappa shape index (κ3) is 2.76. The SMILES string of the molecule is COc1ccccc1[C@@H]1C[C@H](c2ccccc2)N(C(=O)C2CC2)c2ncnn21. The maximum Gasteiger partial charge on any atom is 0.233 e. The molecule has 0 radical (unpaired) electrons. The highest BCUT2D eigenvalue weighted by molar-refractivity contribution is 5.96. The van der Waals surface area contributed by atoms with Gasteiger partial charge in [0.2, 0.25) is 11.9 Å². The zero-order valence-corrected chi connectivity index (χ0v) is 15.7. The molecule has 1 aliphatic carbocycles. The molecule has 1 amide bonds. The van der Waals surface area contributed by atoms with Crippen LogP contribution < -0.4 is 9.64 Å². The van der Waals surface area contributed by atoms with Crippen molar-refractivity contribution in [2.45, 2.75) is 31.3 Å². The van der Waals surface area contributed by atoms with E-state index in [0.29, 0.717) is 5.95 Å². The maximum atomic E-state index is 13.2. The number of aromatic nitrogens is 3. The van der Waals surface area contributed by atoms with Crippen molar-refractivity contribution in [1.82, 2.24) is 14.8 Å². The Balaban J connectivity index is 1.65. The molecule has 0 bridgehead atoms. The van der Waals surface area contributed by atoms with Crippen LogP contribution in [0.4, 0.5) is 5.95 Å². The van der Waals surface area contributed by atoms with E-state index in [1.807, 2.05) is 46.0 Å². The number of ether oxygens (including phenoxy) is 1. The molecule has 1 fully saturated rings. The van der Waals surface area contributed by atoms with Crippen LogP contribution in [0.2, 0.25) is 0 Å². The van der Waals surface area contributed by atoms with Gasteiger partial charge in [0, 0.05) is 11.5 Å². The highest BCUT2D eigenvalue weighted by atomic mass is 16.5. The molecule has 1 aliphatic heterocycles. The Morgan fingerprint density at radius 2 is 1.79 bits per heavy atom. The van der Waals surface area contributed by atoms with Crippen molar-refractivity contribution in [3.05, 3.63) is 72.1 Å². The van der Waals surface area contributed by atoms with Gasteiger partial charge >= 0.3 is 0 Å². The topological polar surface area (TPSA) is 60.2 Å². The van der Waals surface area contributed by atoms with Crippen LogP contribution in [0.5, 0.6) is 5.75 Å². The van der Waals surface area contributed by atoms with Crippen LogP contribution in [0, 0.1) is 5.92 Å². The number of carbonyl (C=O) groups is 1. The number of hydrogen-bond donors (Lipinski definition) is 0. The minimum Gasteiger partial charge on any atom is -0.496 e. The number of methoxy groups -OCH3 is 1. The van der Waals surface area contributed by atoms with Crippen LogP contribution in [0.25, 0.3) is 0 Å². The van der Waals surface area contributed by atoms with Crippen molar-refractivity contribution in [2.75, 3.05) is 12.0 Å². The fourth-order valence-corrected chi connectivity index (χ4v) is 4.13. The number of anilines is 1. The van der Waals surface area contributed by atoms with Crippen molar-refractivity contribution in [2.24, 2.45) is 5.92 Å². The first-order valence-electron chi connectivity index (χ1n) is 9.68. The Hall–Kier alpha value is -3.15. The van der Waals surface area contributed by atoms with E-state index < -0.39 is 0 Å². The second-order valence-electron chi connectivity index (χ2n) is 7.41. The van der Waals surface area contributed by atoms with Crippen molar-refractivity contribution >= 4 is 11.9 Å². The summed E-state index contributed by atoms with van der Waals surface area (Å²) >= 11 is 0. The number of nitrogens with zero attached hydrogens (tertiary/aromatic N) is 4. The lowest BCUT2D eigenvalue weighted by molar-refractivity contribution is -0.120. The highest BCUT2D eigenvalue weighted by Crippen LogP contribution is 2.46. The maximum absolute atomic E-state index is 13.2. The van der Waals surface area contributed by atoms with E-state index in [9.17, 15) is 4.79 Å². The zero-order chi connectivity index (χ0) is 19.1. The Bertz CT molecular complexity index is 997. The van der Waals surface area contributed by atoms with E-state index >= 15 is 0 Å². The van der Waals surface area contributed by atoms with Crippen molar-refractivity contribution < 1.29 is 9.53 Å². The lowest BCUT2D eigenvalue weighted by Crippen LogP contribution is -2.43. The summed E-state index contributed by atoms with van der Waals surface area (Å²) in [6.07, 6.45) is 4.18. The van der Waals surface area contributed by atoms with E-state index in [0.717, 1.165) is 36.1 Å². The highest BCUT2D eigenvalue weighted by Gasteiger charge is 2.44. The number of benzene rings is 2. The minimum absolute atomic E-state index is 0.0536. The predicted octanol–water partition coefficient (Wildman–Crippen LogP) is 3.76. The number of fused-ring (bicyclic) bond motifs is 1. The molecule has 0 unspecified atom stereocenters. The van der Waals surface area contributed by atoms with Crippen LogP contribution in [0.15, 0.2) is 60.9 Å².